The van der Waals surface area contributed by atoms with E-state index in [-0.39, 0.29) is 0 Å². The van der Waals surface area contributed by atoms with E-state index in [1.165, 1.54) is 0 Å². The van der Waals surface area contributed by atoms with Gasteiger partial charge in [0.25, 0.3) is 0 Å². The van der Waals surface area contributed by atoms with Gasteiger partial charge in [-0.3, -0.25) is 0 Å². The molecule has 2 heterocycles. The van der Waals surface area contributed by atoms with Crippen LogP contribution in [0.5, 0.6) is 5.75 Å². The molecule has 0 amide bonds. The Morgan fingerprint density at radius 1 is 1.36 bits per heavy atom. The minimum absolute atomic E-state index is 0.859. The van der Waals surface area contributed by atoms with Gasteiger partial charge in [0.15, 0.2) is 0 Å². The lowest BCUT2D eigenvalue weighted by Gasteiger charge is -1.98. The maximum absolute atomic E-state index is 5.14. The first-order valence-electron chi connectivity index (χ1n) is 4.85. The van der Waals surface area contributed by atoms with Crippen molar-refractivity contribution >= 4 is 5.65 Å². The van der Waals surface area contributed by atoms with Crippen LogP contribution in [0.15, 0.2) is 24.5 Å². The molecule has 2 rings (SSSR count). The van der Waals surface area contributed by atoms with Gasteiger partial charge in [-0.1, -0.05) is 13.3 Å². The van der Waals surface area contributed by atoms with Crippen LogP contribution in [0.4, 0.5) is 0 Å². The van der Waals surface area contributed by atoms with Crippen LogP contribution in [0, 0.1) is 0 Å². The summed E-state index contributed by atoms with van der Waals surface area (Å²) in [5.74, 6) is 0.859. The monoisotopic (exact) mass is 190 g/mol. The zero-order valence-corrected chi connectivity index (χ0v) is 8.53. The highest BCUT2D eigenvalue weighted by molar-refractivity contribution is 5.43. The molecule has 0 fully saturated rings. The van der Waals surface area contributed by atoms with Gasteiger partial charge in [0.2, 0.25) is 0 Å². The van der Waals surface area contributed by atoms with Crippen LogP contribution in [0.2, 0.25) is 0 Å². The van der Waals surface area contributed by atoms with Crippen molar-refractivity contribution in [3.63, 3.8) is 0 Å². The molecule has 0 aliphatic heterocycles. The Balaban J connectivity index is 2.43. The van der Waals surface area contributed by atoms with Crippen LogP contribution in [0.25, 0.3) is 5.65 Å². The molecule has 0 radical (unpaired) electrons. The van der Waals surface area contributed by atoms with Crippen molar-refractivity contribution in [2.75, 3.05) is 7.11 Å². The van der Waals surface area contributed by atoms with Crippen molar-refractivity contribution in [3.8, 4) is 5.75 Å². The molecule has 3 nitrogen and oxygen atoms in total. The fraction of sp³-hybridized carbons (Fsp3) is 0.364. The number of pyridine rings is 1. The molecule has 14 heavy (non-hydrogen) atoms. The summed E-state index contributed by atoms with van der Waals surface area (Å²) in [5, 5.41) is 0. The Morgan fingerprint density at radius 2 is 2.21 bits per heavy atom. The second-order valence-electron chi connectivity index (χ2n) is 3.32. The van der Waals surface area contributed by atoms with Crippen LogP contribution < -0.4 is 4.74 Å². The lowest BCUT2D eigenvalue weighted by molar-refractivity contribution is 0.412. The Kier molecular flexibility index (Phi) is 2.39. The third-order valence-corrected chi connectivity index (χ3v) is 2.22. The minimum Gasteiger partial charge on any atom is -0.495 e. The largest absolute Gasteiger partial charge is 0.495 e. The van der Waals surface area contributed by atoms with Gasteiger partial charge >= 0.3 is 0 Å². The quantitative estimate of drug-likeness (QED) is 0.742. The number of nitrogens with zero attached hydrogens (tertiary/aromatic N) is 2. The van der Waals surface area contributed by atoms with Crippen molar-refractivity contribution < 1.29 is 4.74 Å². The molecule has 0 saturated carbocycles. The Bertz CT molecular complexity index is 434. The van der Waals surface area contributed by atoms with Gasteiger partial charge < -0.3 is 9.14 Å². The first-order chi connectivity index (χ1) is 6.83. The number of ether oxygens (including phenoxy) is 1. The average molecular weight is 190 g/mol. The zero-order chi connectivity index (χ0) is 9.97. The summed E-state index contributed by atoms with van der Waals surface area (Å²) >= 11 is 0. The number of aryl methyl sites for hydroxylation is 1. The van der Waals surface area contributed by atoms with Crippen molar-refractivity contribution in [3.05, 3.63) is 30.2 Å². The topological polar surface area (TPSA) is 26.5 Å². The molecule has 2 aromatic rings. The first kappa shape index (κ1) is 9.06. The first-order valence-corrected chi connectivity index (χ1v) is 4.85. The van der Waals surface area contributed by atoms with Gasteiger partial charge in [0.05, 0.1) is 19.0 Å². The van der Waals surface area contributed by atoms with Crippen LogP contribution in [-0.4, -0.2) is 16.5 Å². The molecule has 0 atom stereocenters. The summed E-state index contributed by atoms with van der Waals surface area (Å²) in [6, 6.07) is 3.90. The average Bonchev–Trinajstić information content (AvgIpc) is 2.59. The zero-order valence-electron chi connectivity index (χ0n) is 8.53. The molecule has 3 heteroatoms. The van der Waals surface area contributed by atoms with Crippen LogP contribution >= 0.6 is 0 Å². The van der Waals surface area contributed by atoms with Gasteiger partial charge in [0, 0.05) is 6.20 Å². The standard InChI is InChI=1S/C11H14N2O/c1-3-4-9-7-13-8-10(14-2)5-6-11(13)12-9/h5-8H,3-4H2,1-2H3. The fourth-order valence-corrected chi connectivity index (χ4v) is 1.52. The number of fused-ring (bicyclic) bond motifs is 1. The van der Waals surface area contributed by atoms with E-state index in [0.29, 0.717) is 0 Å². The molecule has 0 aromatic carbocycles. The molecule has 0 aliphatic rings. The third kappa shape index (κ3) is 1.58. The van der Waals surface area contributed by atoms with E-state index >= 15 is 0 Å². The third-order valence-electron chi connectivity index (χ3n) is 2.22. The summed E-state index contributed by atoms with van der Waals surface area (Å²) < 4.78 is 7.15. The summed E-state index contributed by atoms with van der Waals surface area (Å²) in [6.45, 7) is 2.16. The molecular weight excluding hydrogens is 176 g/mol. The number of aromatic nitrogens is 2. The van der Waals surface area contributed by atoms with Gasteiger partial charge in [0.1, 0.15) is 11.4 Å². The van der Waals surface area contributed by atoms with Crippen molar-refractivity contribution in [2.24, 2.45) is 0 Å². The van der Waals surface area contributed by atoms with E-state index in [0.717, 1.165) is 29.9 Å². The summed E-state index contributed by atoms with van der Waals surface area (Å²) in [7, 11) is 1.67. The van der Waals surface area contributed by atoms with Crippen molar-refractivity contribution in [1.29, 1.82) is 0 Å². The second-order valence-corrected chi connectivity index (χ2v) is 3.32. The van der Waals surface area contributed by atoms with Crippen LogP contribution in [-0.2, 0) is 6.42 Å². The van der Waals surface area contributed by atoms with E-state index in [1.54, 1.807) is 7.11 Å². The molecule has 0 bridgehead atoms. The number of imidazole rings is 1. The van der Waals surface area contributed by atoms with E-state index in [2.05, 4.69) is 18.1 Å². The van der Waals surface area contributed by atoms with Crippen LogP contribution in [0.1, 0.15) is 19.0 Å². The summed E-state index contributed by atoms with van der Waals surface area (Å²) in [6.07, 6.45) is 6.16. The van der Waals surface area contributed by atoms with E-state index < -0.39 is 0 Å². The maximum atomic E-state index is 5.14. The highest BCUT2D eigenvalue weighted by Gasteiger charge is 2.01. The van der Waals surface area contributed by atoms with Crippen molar-refractivity contribution in [2.45, 2.75) is 19.8 Å². The Morgan fingerprint density at radius 3 is 2.93 bits per heavy atom. The molecule has 0 unspecified atom stereocenters. The smallest absolute Gasteiger partial charge is 0.137 e. The molecule has 74 valence electrons. The molecule has 0 spiro atoms. The summed E-state index contributed by atoms with van der Waals surface area (Å²) in [5.41, 5.74) is 2.12. The van der Waals surface area contributed by atoms with Gasteiger partial charge in [-0.15, -0.1) is 0 Å². The molecule has 0 N–H and O–H groups in total. The number of hydrogen-bond donors (Lipinski definition) is 0. The van der Waals surface area contributed by atoms with E-state index in [9.17, 15) is 0 Å². The Labute approximate surface area is 83.3 Å². The van der Waals surface area contributed by atoms with E-state index in [4.69, 9.17) is 4.74 Å². The molecular formula is C11H14N2O. The summed E-state index contributed by atoms with van der Waals surface area (Å²) in [4.78, 5) is 4.49. The lowest BCUT2D eigenvalue weighted by Crippen LogP contribution is -1.86. The second kappa shape index (κ2) is 3.70. The fourth-order valence-electron chi connectivity index (χ4n) is 1.52. The van der Waals surface area contributed by atoms with E-state index in [1.807, 2.05) is 22.7 Å². The Hall–Kier alpha value is -1.51. The lowest BCUT2D eigenvalue weighted by atomic mass is 10.3. The highest BCUT2D eigenvalue weighted by Crippen LogP contribution is 2.13. The van der Waals surface area contributed by atoms with Gasteiger partial charge in [-0.2, -0.15) is 0 Å². The number of hydrogen-bond acceptors (Lipinski definition) is 2. The molecule has 0 saturated heterocycles. The molecule has 2 aromatic heterocycles. The number of methoxy groups -OCH3 is 1. The predicted octanol–water partition coefficient (Wildman–Crippen LogP) is 2.30. The maximum Gasteiger partial charge on any atom is 0.137 e. The SMILES string of the molecule is CCCc1cn2cc(OC)ccc2n1. The normalized spacial score (nSPS) is 10.7. The number of rotatable bonds is 3. The van der Waals surface area contributed by atoms with Gasteiger partial charge in [-0.25, -0.2) is 4.98 Å². The van der Waals surface area contributed by atoms with Crippen LogP contribution in [0.3, 0.4) is 0 Å². The van der Waals surface area contributed by atoms with Gasteiger partial charge in [-0.05, 0) is 18.6 Å². The predicted molar refractivity (Wildman–Crippen MR) is 55.7 cm³/mol. The molecule has 0 aliphatic carbocycles. The van der Waals surface area contributed by atoms with Crippen molar-refractivity contribution in [1.82, 2.24) is 9.38 Å². The minimum atomic E-state index is 0.859. The highest BCUT2D eigenvalue weighted by atomic mass is 16.5.